The van der Waals surface area contributed by atoms with Gasteiger partial charge in [0.15, 0.2) is 0 Å². The maximum atomic E-state index is 13.0. The molecule has 3 aliphatic rings. The number of nitrogens with zero attached hydrogens (tertiary/aromatic N) is 1. The SMILES string of the molecule is O=C1CC2CC(C1)N2S(=O)(=O)c1ccc(-c2ccc(F)cc2)cc1. The topological polar surface area (TPSA) is 54.5 Å². The first-order chi connectivity index (χ1) is 11.4. The van der Waals surface area contributed by atoms with Crippen LogP contribution in [-0.2, 0) is 14.8 Å². The molecule has 1 saturated carbocycles. The Balaban J connectivity index is 1.61. The molecule has 0 N–H and O–H groups in total. The Bertz CT molecular complexity index is 877. The molecule has 1 aliphatic carbocycles. The van der Waals surface area contributed by atoms with Gasteiger partial charge in [0.2, 0.25) is 10.0 Å². The summed E-state index contributed by atoms with van der Waals surface area (Å²) in [5, 5.41) is 0. The molecule has 2 atom stereocenters. The number of sulfonamides is 1. The Hall–Kier alpha value is -2.05. The monoisotopic (exact) mass is 345 g/mol. The Morgan fingerprint density at radius 1 is 0.875 bits per heavy atom. The second-order valence-electron chi connectivity index (χ2n) is 6.36. The molecule has 2 unspecified atom stereocenters. The van der Waals surface area contributed by atoms with E-state index in [4.69, 9.17) is 0 Å². The highest BCUT2D eigenvalue weighted by molar-refractivity contribution is 7.89. The van der Waals surface area contributed by atoms with Gasteiger partial charge in [0, 0.05) is 24.9 Å². The molecule has 2 bridgehead atoms. The van der Waals surface area contributed by atoms with Gasteiger partial charge in [-0.1, -0.05) is 24.3 Å². The van der Waals surface area contributed by atoms with E-state index in [2.05, 4.69) is 0 Å². The molecule has 0 aromatic heterocycles. The average molecular weight is 345 g/mol. The number of carbonyl (C=O) groups is 1. The van der Waals surface area contributed by atoms with Crippen LogP contribution in [0.4, 0.5) is 4.39 Å². The number of benzene rings is 2. The fourth-order valence-corrected chi connectivity index (χ4v) is 5.44. The standard InChI is InChI=1S/C18H16FNO3S/c19-14-5-1-12(2-6-14)13-3-7-18(8-4-13)24(22,23)20-15-9-16(20)11-17(21)10-15/h1-8,15-16H,9-11H2. The number of rotatable bonds is 3. The Labute approximate surface area is 140 Å². The van der Waals surface area contributed by atoms with Crippen LogP contribution in [0.25, 0.3) is 11.1 Å². The summed E-state index contributed by atoms with van der Waals surface area (Å²) in [6.45, 7) is 0. The molecular weight excluding hydrogens is 329 g/mol. The lowest BCUT2D eigenvalue weighted by Gasteiger charge is -2.50. The molecule has 124 valence electrons. The van der Waals surface area contributed by atoms with Crippen molar-refractivity contribution >= 4 is 15.8 Å². The zero-order valence-electron chi connectivity index (χ0n) is 12.9. The number of halogens is 1. The number of Topliss-reactive ketones (excluding diaryl/α,β-unsaturated/α-hetero) is 1. The molecule has 2 aromatic rings. The van der Waals surface area contributed by atoms with Crippen molar-refractivity contribution in [3.63, 3.8) is 0 Å². The molecule has 0 spiro atoms. The van der Waals surface area contributed by atoms with Crippen molar-refractivity contribution < 1.29 is 17.6 Å². The van der Waals surface area contributed by atoms with Crippen LogP contribution < -0.4 is 0 Å². The highest BCUT2D eigenvalue weighted by Gasteiger charge is 2.51. The van der Waals surface area contributed by atoms with E-state index in [1.54, 1.807) is 36.4 Å². The lowest BCUT2D eigenvalue weighted by Crippen LogP contribution is -2.62. The van der Waals surface area contributed by atoms with Crippen LogP contribution in [0.5, 0.6) is 0 Å². The predicted octanol–water partition coefficient (Wildman–Crippen LogP) is 2.99. The summed E-state index contributed by atoms with van der Waals surface area (Å²) < 4.78 is 40.1. The first-order valence-electron chi connectivity index (χ1n) is 7.86. The van der Waals surface area contributed by atoms with E-state index in [0.29, 0.717) is 12.8 Å². The van der Waals surface area contributed by atoms with E-state index in [9.17, 15) is 17.6 Å². The summed E-state index contributed by atoms with van der Waals surface area (Å²) in [5.74, 6) is -0.161. The van der Waals surface area contributed by atoms with Crippen molar-refractivity contribution in [3.05, 3.63) is 54.3 Å². The molecule has 4 nitrogen and oxygen atoms in total. The summed E-state index contributed by atoms with van der Waals surface area (Å²) in [4.78, 5) is 11.7. The largest absolute Gasteiger partial charge is 0.300 e. The molecule has 0 amide bonds. The first kappa shape index (κ1) is 15.5. The van der Waals surface area contributed by atoms with Crippen LogP contribution in [0.3, 0.4) is 0 Å². The number of ketones is 1. The van der Waals surface area contributed by atoms with Gasteiger partial charge in [0.05, 0.1) is 4.90 Å². The van der Waals surface area contributed by atoms with Crippen molar-refractivity contribution in [2.24, 2.45) is 0 Å². The second-order valence-corrected chi connectivity index (χ2v) is 8.20. The van der Waals surface area contributed by atoms with Gasteiger partial charge in [-0.05, 0) is 41.8 Å². The van der Waals surface area contributed by atoms with E-state index in [1.807, 2.05) is 0 Å². The van der Waals surface area contributed by atoms with Gasteiger partial charge in [0.1, 0.15) is 11.6 Å². The second kappa shape index (κ2) is 5.50. The van der Waals surface area contributed by atoms with Gasteiger partial charge < -0.3 is 0 Å². The molecule has 5 rings (SSSR count). The van der Waals surface area contributed by atoms with Crippen LogP contribution in [0.1, 0.15) is 19.3 Å². The molecule has 0 radical (unpaired) electrons. The van der Waals surface area contributed by atoms with E-state index in [0.717, 1.165) is 17.5 Å². The minimum Gasteiger partial charge on any atom is -0.300 e. The predicted molar refractivity (Wildman–Crippen MR) is 87.3 cm³/mol. The molecular formula is C18H16FNO3S. The molecule has 6 heteroatoms. The number of fused-ring (bicyclic) bond motifs is 2. The fourth-order valence-electron chi connectivity index (χ4n) is 3.61. The zero-order chi connectivity index (χ0) is 16.9. The van der Waals surface area contributed by atoms with Gasteiger partial charge in [0.25, 0.3) is 0 Å². The number of hydrogen-bond donors (Lipinski definition) is 0. The maximum absolute atomic E-state index is 13.0. The van der Waals surface area contributed by atoms with Crippen LogP contribution in [0, 0.1) is 5.82 Å². The van der Waals surface area contributed by atoms with Crippen molar-refractivity contribution in [2.75, 3.05) is 0 Å². The lowest BCUT2D eigenvalue weighted by atomic mass is 9.82. The normalized spacial score (nSPS) is 23.8. The summed E-state index contributed by atoms with van der Waals surface area (Å²) in [7, 11) is -3.57. The van der Waals surface area contributed by atoms with E-state index in [-0.39, 0.29) is 28.6 Å². The summed E-state index contributed by atoms with van der Waals surface area (Å²) >= 11 is 0. The molecule has 24 heavy (non-hydrogen) atoms. The average Bonchev–Trinajstić information content (AvgIpc) is 2.55. The van der Waals surface area contributed by atoms with Crippen molar-refractivity contribution in [1.29, 1.82) is 0 Å². The quantitative estimate of drug-likeness (QED) is 0.859. The van der Waals surface area contributed by atoms with Crippen molar-refractivity contribution in [1.82, 2.24) is 4.31 Å². The Morgan fingerprint density at radius 3 is 1.92 bits per heavy atom. The third-order valence-electron chi connectivity index (χ3n) is 4.80. The number of hydrogen-bond acceptors (Lipinski definition) is 3. The molecule has 2 heterocycles. The number of carbonyl (C=O) groups excluding carboxylic acids is 1. The molecule has 3 fully saturated rings. The van der Waals surface area contributed by atoms with E-state index < -0.39 is 10.0 Å². The minimum atomic E-state index is -3.57. The lowest BCUT2D eigenvalue weighted by molar-refractivity contribution is -0.128. The fraction of sp³-hybridized carbons (Fsp3) is 0.278. The highest BCUT2D eigenvalue weighted by Crippen LogP contribution is 2.41. The molecule has 2 aliphatic heterocycles. The van der Waals surface area contributed by atoms with Gasteiger partial charge in [-0.15, -0.1) is 0 Å². The van der Waals surface area contributed by atoms with Crippen molar-refractivity contribution in [2.45, 2.75) is 36.2 Å². The third kappa shape index (κ3) is 2.46. The van der Waals surface area contributed by atoms with Gasteiger partial charge in [-0.3, -0.25) is 4.79 Å². The molecule has 2 aromatic carbocycles. The minimum absolute atomic E-state index is 0.148. The van der Waals surface area contributed by atoms with Crippen molar-refractivity contribution in [3.8, 4) is 11.1 Å². The Kier molecular flexibility index (Phi) is 3.54. The summed E-state index contributed by atoms with van der Waals surface area (Å²) in [6.07, 6.45) is 1.42. The summed E-state index contributed by atoms with van der Waals surface area (Å²) in [6, 6.07) is 12.3. The van der Waals surface area contributed by atoms with Crippen LogP contribution in [0.2, 0.25) is 0 Å². The highest BCUT2D eigenvalue weighted by atomic mass is 32.2. The van der Waals surface area contributed by atoms with Gasteiger partial charge in [-0.2, -0.15) is 4.31 Å². The maximum Gasteiger partial charge on any atom is 0.243 e. The van der Waals surface area contributed by atoms with E-state index >= 15 is 0 Å². The Morgan fingerprint density at radius 2 is 1.38 bits per heavy atom. The third-order valence-corrected chi connectivity index (χ3v) is 6.82. The summed E-state index contributed by atoms with van der Waals surface area (Å²) in [5.41, 5.74) is 1.65. The van der Waals surface area contributed by atoms with Crippen LogP contribution in [0.15, 0.2) is 53.4 Å². The van der Waals surface area contributed by atoms with Gasteiger partial charge in [-0.25, -0.2) is 12.8 Å². The zero-order valence-corrected chi connectivity index (χ0v) is 13.7. The van der Waals surface area contributed by atoms with Crippen LogP contribution >= 0.6 is 0 Å². The number of piperidine rings is 1. The molecule has 2 saturated heterocycles. The first-order valence-corrected chi connectivity index (χ1v) is 9.30. The van der Waals surface area contributed by atoms with E-state index in [1.165, 1.54) is 16.4 Å². The van der Waals surface area contributed by atoms with Crippen LogP contribution in [-0.4, -0.2) is 30.6 Å². The van der Waals surface area contributed by atoms with Gasteiger partial charge >= 0.3 is 0 Å². The smallest absolute Gasteiger partial charge is 0.243 e.